The van der Waals surface area contributed by atoms with Crippen molar-refractivity contribution in [2.45, 2.75) is 69.4 Å². The van der Waals surface area contributed by atoms with Crippen LogP contribution in [0.25, 0.3) is 0 Å². The monoisotopic (exact) mass is 471 g/mol. The molecule has 0 aromatic heterocycles. The summed E-state index contributed by atoms with van der Waals surface area (Å²) < 4.78 is 35.1. The van der Waals surface area contributed by atoms with Crippen LogP contribution in [-0.4, -0.2) is 30.4 Å². The van der Waals surface area contributed by atoms with E-state index in [4.69, 9.17) is 4.74 Å². The summed E-state index contributed by atoms with van der Waals surface area (Å²) in [7, 11) is 1.59. The minimum Gasteiger partial charge on any atom is -0.497 e. The molecule has 2 fully saturated rings. The van der Waals surface area contributed by atoms with Gasteiger partial charge >= 0.3 is 5.97 Å². The highest BCUT2D eigenvalue weighted by atomic mass is 19.1. The van der Waals surface area contributed by atoms with E-state index in [1.165, 1.54) is 13.0 Å². The first-order chi connectivity index (χ1) is 16.2. The number of halogens is 2. The Labute approximate surface area is 200 Å². The molecule has 2 unspecified atom stereocenters. The Bertz CT molecular complexity index is 1030. The standard InChI is InChI=1S/C28H35F2NO3/c1-27(20-11-12-20,28(2,30)26(32)33)21-5-4-6-22(15-21)31-17-18-7-9-19(10-8-18)24-16-23(34-3)13-14-25(24)29/h4-6,13-16,18-20,31H,7-12,17H2,1-3H3,(H,32,33)/t18-,19-,27?,28?. The number of hydrogen-bond donors (Lipinski definition) is 2. The highest BCUT2D eigenvalue weighted by molar-refractivity contribution is 5.80. The molecular weight excluding hydrogens is 436 g/mol. The summed E-state index contributed by atoms with van der Waals surface area (Å²) in [6, 6.07) is 12.5. The lowest BCUT2D eigenvalue weighted by molar-refractivity contribution is -0.155. The zero-order valence-corrected chi connectivity index (χ0v) is 20.2. The first-order valence-corrected chi connectivity index (χ1v) is 12.3. The van der Waals surface area contributed by atoms with Crippen LogP contribution in [-0.2, 0) is 10.2 Å². The summed E-state index contributed by atoms with van der Waals surface area (Å²) in [5.41, 5.74) is -1.07. The number of benzene rings is 2. The molecule has 2 saturated carbocycles. The van der Waals surface area contributed by atoms with Crippen molar-refractivity contribution in [3.05, 3.63) is 59.4 Å². The van der Waals surface area contributed by atoms with Crippen LogP contribution in [0.2, 0.25) is 0 Å². The lowest BCUT2D eigenvalue weighted by atomic mass is 9.67. The van der Waals surface area contributed by atoms with Gasteiger partial charge in [0.1, 0.15) is 11.6 Å². The third-order valence-electron chi connectivity index (χ3n) is 8.32. The van der Waals surface area contributed by atoms with E-state index in [9.17, 15) is 14.3 Å². The summed E-state index contributed by atoms with van der Waals surface area (Å²) >= 11 is 0. The van der Waals surface area contributed by atoms with Crippen molar-refractivity contribution >= 4 is 11.7 Å². The van der Waals surface area contributed by atoms with Crippen LogP contribution < -0.4 is 10.1 Å². The Morgan fingerprint density at radius 1 is 1.09 bits per heavy atom. The summed E-state index contributed by atoms with van der Waals surface area (Å²) in [5, 5.41) is 13.1. The van der Waals surface area contributed by atoms with Crippen LogP contribution in [0.5, 0.6) is 5.75 Å². The van der Waals surface area contributed by atoms with E-state index in [0.29, 0.717) is 11.7 Å². The van der Waals surface area contributed by atoms with E-state index in [-0.39, 0.29) is 17.7 Å². The molecule has 2 atom stereocenters. The molecule has 0 saturated heterocycles. The number of hydrogen-bond acceptors (Lipinski definition) is 3. The van der Waals surface area contributed by atoms with E-state index in [1.807, 2.05) is 30.3 Å². The van der Waals surface area contributed by atoms with Crippen molar-refractivity contribution < 1.29 is 23.4 Å². The molecule has 2 aliphatic carbocycles. The molecule has 184 valence electrons. The molecule has 0 heterocycles. The molecule has 0 radical (unpaired) electrons. The van der Waals surface area contributed by atoms with Gasteiger partial charge in [-0.05, 0) is 105 Å². The molecule has 2 N–H and O–H groups in total. The predicted molar refractivity (Wildman–Crippen MR) is 130 cm³/mol. The second kappa shape index (κ2) is 9.55. The lowest BCUT2D eigenvalue weighted by Gasteiger charge is -2.39. The molecule has 34 heavy (non-hydrogen) atoms. The molecule has 0 spiro atoms. The zero-order chi connectivity index (χ0) is 24.5. The maximum atomic E-state index is 15.4. The third kappa shape index (κ3) is 4.64. The van der Waals surface area contributed by atoms with Gasteiger partial charge in [0, 0.05) is 17.6 Å². The summed E-state index contributed by atoms with van der Waals surface area (Å²) in [6.07, 6.45) is 5.53. The topological polar surface area (TPSA) is 58.6 Å². The molecule has 0 amide bonds. The van der Waals surface area contributed by atoms with Gasteiger partial charge in [0.2, 0.25) is 5.67 Å². The Morgan fingerprint density at radius 3 is 2.41 bits per heavy atom. The average molecular weight is 472 g/mol. The van der Waals surface area contributed by atoms with Gasteiger partial charge in [0.15, 0.2) is 0 Å². The van der Waals surface area contributed by atoms with Gasteiger partial charge in [-0.25, -0.2) is 13.6 Å². The normalized spacial score (nSPS) is 24.0. The van der Waals surface area contributed by atoms with Gasteiger partial charge in [0.05, 0.1) is 7.11 Å². The Morgan fingerprint density at radius 2 is 1.79 bits per heavy atom. The summed E-state index contributed by atoms with van der Waals surface area (Å²) in [6.45, 7) is 3.72. The molecule has 2 aliphatic rings. The Balaban J connectivity index is 1.39. The molecule has 0 bridgehead atoms. The van der Waals surface area contributed by atoms with Gasteiger partial charge in [-0.2, -0.15) is 0 Å². The number of ether oxygens (including phenoxy) is 1. The van der Waals surface area contributed by atoms with Crippen molar-refractivity contribution in [3.63, 3.8) is 0 Å². The SMILES string of the molecule is COc1ccc(F)c([C@H]2CC[C@H](CNc3cccc(C(C)(C4CC4)C(C)(F)C(=O)O)c3)CC2)c1. The number of carbonyl (C=O) groups is 1. The largest absolute Gasteiger partial charge is 0.497 e. The number of aliphatic carboxylic acids is 1. The average Bonchev–Trinajstić information content (AvgIpc) is 3.69. The maximum Gasteiger partial charge on any atom is 0.342 e. The Hall–Kier alpha value is -2.63. The van der Waals surface area contributed by atoms with E-state index in [1.54, 1.807) is 20.1 Å². The van der Waals surface area contributed by atoms with Gasteiger partial charge in [-0.1, -0.05) is 19.1 Å². The van der Waals surface area contributed by atoms with Gasteiger partial charge < -0.3 is 15.2 Å². The first-order valence-electron chi connectivity index (χ1n) is 12.3. The van der Waals surface area contributed by atoms with E-state index >= 15 is 4.39 Å². The number of alkyl halides is 1. The van der Waals surface area contributed by atoms with E-state index < -0.39 is 17.1 Å². The number of rotatable bonds is 9. The van der Waals surface area contributed by atoms with Crippen molar-refractivity contribution in [2.75, 3.05) is 19.0 Å². The maximum absolute atomic E-state index is 15.4. The lowest BCUT2D eigenvalue weighted by Crippen LogP contribution is -2.51. The Kier molecular flexibility index (Phi) is 6.88. The van der Waals surface area contributed by atoms with Crippen LogP contribution in [0.3, 0.4) is 0 Å². The number of anilines is 1. The van der Waals surface area contributed by atoms with E-state index in [0.717, 1.165) is 61.9 Å². The summed E-state index contributed by atoms with van der Waals surface area (Å²) in [5.74, 6) is -0.198. The molecule has 6 heteroatoms. The summed E-state index contributed by atoms with van der Waals surface area (Å²) in [4.78, 5) is 11.8. The van der Waals surface area contributed by atoms with Crippen molar-refractivity contribution in [1.82, 2.24) is 0 Å². The quantitative estimate of drug-likeness (QED) is 0.427. The van der Waals surface area contributed by atoms with E-state index in [2.05, 4.69) is 5.32 Å². The second-order valence-corrected chi connectivity index (χ2v) is 10.4. The second-order valence-electron chi connectivity index (χ2n) is 10.4. The molecule has 2 aromatic carbocycles. The zero-order valence-electron chi connectivity index (χ0n) is 20.2. The van der Waals surface area contributed by atoms with Gasteiger partial charge in [-0.15, -0.1) is 0 Å². The highest BCUT2D eigenvalue weighted by Crippen LogP contribution is 2.54. The van der Waals surface area contributed by atoms with Crippen molar-refractivity contribution in [3.8, 4) is 5.75 Å². The fourth-order valence-corrected chi connectivity index (χ4v) is 5.63. The molecular formula is C28H35F2NO3. The minimum atomic E-state index is -2.35. The molecule has 2 aromatic rings. The number of methoxy groups -OCH3 is 1. The van der Waals surface area contributed by atoms with Crippen molar-refractivity contribution in [2.24, 2.45) is 11.8 Å². The van der Waals surface area contributed by atoms with Crippen LogP contribution in [0.1, 0.15) is 69.4 Å². The van der Waals surface area contributed by atoms with Gasteiger partial charge in [-0.3, -0.25) is 0 Å². The number of carboxylic acids is 1. The smallest absolute Gasteiger partial charge is 0.342 e. The molecule has 4 rings (SSSR count). The highest BCUT2D eigenvalue weighted by Gasteiger charge is 2.59. The van der Waals surface area contributed by atoms with Gasteiger partial charge in [0.25, 0.3) is 0 Å². The van der Waals surface area contributed by atoms with Crippen LogP contribution >= 0.6 is 0 Å². The fraction of sp³-hybridized carbons (Fsp3) is 0.536. The van der Waals surface area contributed by atoms with Crippen LogP contribution in [0, 0.1) is 17.7 Å². The minimum absolute atomic E-state index is 0.0288. The van der Waals surface area contributed by atoms with Crippen LogP contribution in [0.15, 0.2) is 42.5 Å². The third-order valence-corrected chi connectivity index (χ3v) is 8.32. The number of nitrogens with one attached hydrogen (secondary N) is 1. The first kappa shape index (κ1) is 24.5. The number of carboxylic acid groups (broad SMARTS) is 1. The molecule has 4 nitrogen and oxygen atoms in total. The van der Waals surface area contributed by atoms with Crippen LogP contribution in [0.4, 0.5) is 14.5 Å². The predicted octanol–water partition coefficient (Wildman–Crippen LogP) is 6.70. The van der Waals surface area contributed by atoms with Crippen molar-refractivity contribution in [1.29, 1.82) is 0 Å². The fourth-order valence-electron chi connectivity index (χ4n) is 5.63. The molecule has 0 aliphatic heterocycles.